The van der Waals surface area contributed by atoms with E-state index < -0.39 is 0 Å². The number of aromatic nitrogens is 2. The third kappa shape index (κ3) is 3.02. The Labute approximate surface area is 149 Å². The molecule has 1 saturated carbocycles. The topological polar surface area (TPSA) is 61.4 Å². The molecule has 124 valence electrons. The molecular formula is C18H19BrN4O. The van der Waals surface area contributed by atoms with E-state index in [-0.39, 0.29) is 5.91 Å². The number of benzene rings is 1. The Kier molecular flexibility index (Phi) is 4.22. The summed E-state index contributed by atoms with van der Waals surface area (Å²) in [5.41, 5.74) is 3.92. The van der Waals surface area contributed by atoms with E-state index in [0.717, 1.165) is 24.2 Å². The molecule has 1 aromatic carbocycles. The summed E-state index contributed by atoms with van der Waals surface area (Å²) >= 11 is 3.30. The number of carbonyl (C=O) groups excluding carboxylic acids is 1. The number of nitrogens with one attached hydrogen (secondary N) is 1. The standard InChI is InChI=1S/C18H19BrN4O/c19-16-9-15(21-22-16)18(24)23(10-12-3-1-4-12)11-14-6-2-5-13-7-8-20-17(13)14/h2,5-6,8-9,12H,1,3-4,7,10-11H2,(H,21,22). The van der Waals surface area contributed by atoms with Gasteiger partial charge in [-0.1, -0.05) is 24.6 Å². The van der Waals surface area contributed by atoms with E-state index >= 15 is 0 Å². The Bertz CT molecular complexity index is 794. The fourth-order valence-electron chi connectivity index (χ4n) is 3.33. The van der Waals surface area contributed by atoms with Crippen molar-refractivity contribution in [1.29, 1.82) is 0 Å². The van der Waals surface area contributed by atoms with Gasteiger partial charge in [0.05, 0.1) is 5.69 Å². The van der Waals surface area contributed by atoms with Crippen molar-refractivity contribution < 1.29 is 4.79 Å². The second-order valence-corrected chi connectivity index (χ2v) is 7.34. The van der Waals surface area contributed by atoms with E-state index in [0.29, 0.717) is 22.8 Å². The van der Waals surface area contributed by atoms with E-state index in [2.05, 4.69) is 49.3 Å². The molecule has 4 rings (SSSR count). The number of fused-ring (bicyclic) bond motifs is 1. The number of carbonyl (C=O) groups is 1. The van der Waals surface area contributed by atoms with Crippen LogP contribution in [0.4, 0.5) is 5.69 Å². The highest BCUT2D eigenvalue weighted by Crippen LogP contribution is 2.32. The van der Waals surface area contributed by atoms with Crippen molar-refractivity contribution >= 4 is 33.7 Å². The number of hydrogen-bond donors (Lipinski definition) is 1. The molecule has 1 aromatic heterocycles. The number of hydrogen-bond acceptors (Lipinski definition) is 3. The quantitative estimate of drug-likeness (QED) is 0.847. The number of aromatic amines is 1. The zero-order valence-electron chi connectivity index (χ0n) is 13.3. The van der Waals surface area contributed by atoms with Crippen molar-refractivity contribution in [3.05, 3.63) is 45.7 Å². The number of nitrogens with zero attached hydrogens (tertiary/aromatic N) is 3. The smallest absolute Gasteiger partial charge is 0.272 e. The molecule has 0 atom stereocenters. The van der Waals surface area contributed by atoms with Crippen molar-refractivity contribution in [3.63, 3.8) is 0 Å². The van der Waals surface area contributed by atoms with Gasteiger partial charge in [-0.15, -0.1) is 0 Å². The van der Waals surface area contributed by atoms with Crippen LogP contribution in [0.1, 0.15) is 40.9 Å². The summed E-state index contributed by atoms with van der Waals surface area (Å²) in [7, 11) is 0. The predicted molar refractivity (Wildman–Crippen MR) is 96.7 cm³/mol. The number of amides is 1. The fourth-order valence-corrected chi connectivity index (χ4v) is 3.64. The number of aliphatic imine (C=N–C) groups is 1. The van der Waals surface area contributed by atoms with Crippen molar-refractivity contribution in [2.75, 3.05) is 6.54 Å². The molecule has 2 aromatic rings. The van der Waals surface area contributed by atoms with Gasteiger partial charge in [-0.25, -0.2) is 0 Å². The highest BCUT2D eigenvalue weighted by atomic mass is 79.9. The first-order valence-electron chi connectivity index (χ1n) is 8.34. The number of rotatable bonds is 5. The van der Waals surface area contributed by atoms with E-state index in [1.807, 2.05) is 11.1 Å². The van der Waals surface area contributed by atoms with Crippen LogP contribution >= 0.6 is 15.9 Å². The Hall–Kier alpha value is -1.95. The molecule has 1 aliphatic heterocycles. The summed E-state index contributed by atoms with van der Waals surface area (Å²) in [5, 5.41) is 6.83. The average molecular weight is 387 g/mol. The first-order chi connectivity index (χ1) is 11.7. The highest BCUT2D eigenvalue weighted by Gasteiger charge is 2.26. The minimum atomic E-state index is -0.000297. The maximum absolute atomic E-state index is 12.9. The summed E-state index contributed by atoms with van der Waals surface area (Å²) in [6, 6.07) is 7.98. The number of halogens is 1. The van der Waals surface area contributed by atoms with E-state index in [1.54, 1.807) is 6.07 Å². The lowest BCUT2D eigenvalue weighted by Crippen LogP contribution is -2.37. The summed E-state index contributed by atoms with van der Waals surface area (Å²) in [5.74, 6) is 0.611. The molecule has 2 heterocycles. The van der Waals surface area contributed by atoms with Crippen molar-refractivity contribution in [3.8, 4) is 0 Å². The van der Waals surface area contributed by atoms with Gasteiger partial charge in [-0.2, -0.15) is 5.10 Å². The van der Waals surface area contributed by atoms with Gasteiger partial charge in [0.2, 0.25) is 0 Å². The SMILES string of the molecule is O=C(c1cc(Br)n[nH]1)N(Cc1cccc2c1N=CC2)CC1CCC1. The van der Waals surface area contributed by atoms with Gasteiger partial charge < -0.3 is 4.90 Å². The minimum absolute atomic E-state index is 0.000297. The van der Waals surface area contributed by atoms with Gasteiger partial charge >= 0.3 is 0 Å². The molecule has 1 N–H and O–H groups in total. The minimum Gasteiger partial charge on any atom is -0.333 e. The maximum Gasteiger partial charge on any atom is 0.272 e. The molecule has 5 nitrogen and oxygen atoms in total. The van der Waals surface area contributed by atoms with Crippen LogP contribution in [0.2, 0.25) is 0 Å². The average Bonchev–Trinajstić information content (AvgIpc) is 3.17. The normalized spacial score (nSPS) is 16.0. The largest absolute Gasteiger partial charge is 0.333 e. The molecule has 6 heteroatoms. The summed E-state index contributed by atoms with van der Waals surface area (Å²) < 4.78 is 0.652. The highest BCUT2D eigenvalue weighted by molar-refractivity contribution is 9.10. The Morgan fingerprint density at radius 3 is 2.96 bits per heavy atom. The zero-order valence-corrected chi connectivity index (χ0v) is 14.9. The van der Waals surface area contributed by atoms with Gasteiger partial charge in [0.1, 0.15) is 10.3 Å². The van der Waals surface area contributed by atoms with Crippen LogP contribution in [0.3, 0.4) is 0 Å². The van der Waals surface area contributed by atoms with Crippen LogP contribution in [0.15, 0.2) is 33.9 Å². The Morgan fingerprint density at radius 2 is 2.25 bits per heavy atom. The lowest BCUT2D eigenvalue weighted by molar-refractivity contribution is 0.0674. The molecule has 0 bridgehead atoms. The molecule has 0 saturated heterocycles. The summed E-state index contributed by atoms with van der Waals surface area (Å²) in [4.78, 5) is 19.4. The number of H-pyrrole nitrogens is 1. The van der Waals surface area contributed by atoms with Gasteiger partial charge in [0, 0.05) is 31.8 Å². The molecule has 24 heavy (non-hydrogen) atoms. The molecular weight excluding hydrogens is 368 g/mol. The molecule has 0 spiro atoms. The predicted octanol–water partition coefficient (Wildman–Crippen LogP) is 3.87. The molecule has 1 aliphatic carbocycles. The fraction of sp³-hybridized carbons (Fsp3) is 0.389. The van der Waals surface area contributed by atoms with Crippen LogP contribution in [0.5, 0.6) is 0 Å². The van der Waals surface area contributed by atoms with Gasteiger partial charge in [-0.05, 0) is 45.8 Å². The van der Waals surface area contributed by atoms with Crippen LogP contribution in [0.25, 0.3) is 0 Å². The molecule has 1 amide bonds. The van der Waals surface area contributed by atoms with Crippen LogP contribution in [0, 0.1) is 5.92 Å². The second kappa shape index (κ2) is 6.51. The first-order valence-corrected chi connectivity index (χ1v) is 9.13. The van der Waals surface area contributed by atoms with Crippen molar-refractivity contribution in [2.45, 2.75) is 32.2 Å². The lowest BCUT2D eigenvalue weighted by Gasteiger charge is -2.32. The van der Waals surface area contributed by atoms with Gasteiger partial charge in [0.25, 0.3) is 5.91 Å². The molecule has 1 fully saturated rings. The van der Waals surface area contributed by atoms with Crippen LogP contribution in [-0.4, -0.2) is 33.8 Å². The lowest BCUT2D eigenvalue weighted by atomic mass is 9.85. The Morgan fingerprint density at radius 1 is 1.38 bits per heavy atom. The third-order valence-corrected chi connectivity index (χ3v) is 5.27. The van der Waals surface area contributed by atoms with E-state index in [4.69, 9.17) is 0 Å². The molecule has 0 radical (unpaired) electrons. The first kappa shape index (κ1) is 15.6. The van der Waals surface area contributed by atoms with Crippen molar-refractivity contribution in [1.82, 2.24) is 15.1 Å². The van der Waals surface area contributed by atoms with E-state index in [9.17, 15) is 4.79 Å². The van der Waals surface area contributed by atoms with Crippen molar-refractivity contribution in [2.24, 2.45) is 10.9 Å². The Balaban J connectivity index is 1.59. The monoisotopic (exact) mass is 386 g/mol. The summed E-state index contributed by atoms with van der Waals surface area (Å²) in [6.07, 6.45) is 6.52. The van der Waals surface area contributed by atoms with Gasteiger partial charge in [0.15, 0.2) is 0 Å². The molecule has 0 unspecified atom stereocenters. The van der Waals surface area contributed by atoms with Crippen LogP contribution < -0.4 is 0 Å². The second-order valence-electron chi connectivity index (χ2n) is 6.53. The maximum atomic E-state index is 12.9. The van der Waals surface area contributed by atoms with E-state index in [1.165, 1.54) is 24.8 Å². The number of para-hydroxylation sites is 1. The van der Waals surface area contributed by atoms with Gasteiger partial charge in [-0.3, -0.25) is 14.9 Å². The van der Waals surface area contributed by atoms with Crippen LogP contribution in [-0.2, 0) is 13.0 Å². The zero-order chi connectivity index (χ0) is 16.5. The molecule has 2 aliphatic rings. The summed E-state index contributed by atoms with van der Waals surface area (Å²) in [6.45, 7) is 1.38. The third-order valence-electron chi connectivity index (χ3n) is 4.86.